The van der Waals surface area contributed by atoms with E-state index >= 15 is 0 Å². The van der Waals surface area contributed by atoms with Gasteiger partial charge in [-0.15, -0.1) is 0 Å². The van der Waals surface area contributed by atoms with Gasteiger partial charge in [0.25, 0.3) is 0 Å². The van der Waals surface area contributed by atoms with E-state index < -0.39 is 0 Å². The smallest absolute Gasteiger partial charge is 0.171 e. The summed E-state index contributed by atoms with van der Waals surface area (Å²) in [4.78, 5) is 24.7. The molecule has 0 unspecified atom stereocenters. The number of aromatic nitrogens is 1. The summed E-state index contributed by atoms with van der Waals surface area (Å²) in [5.41, 5.74) is 0.486. The number of rotatable bonds is 3. The first-order chi connectivity index (χ1) is 5.34. The summed E-state index contributed by atoms with van der Waals surface area (Å²) < 4.78 is 0. The molecule has 1 aromatic heterocycles. The molecule has 0 saturated heterocycles. The van der Waals surface area contributed by atoms with Gasteiger partial charge in [-0.1, -0.05) is 0 Å². The van der Waals surface area contributed by atoms with Crippen molar-refractivity contribution in [2.45, 2.75) is 6.42 Å². The lowest BCUT2D eigenvalue weighted by molar-refractivity contribution is -0.107. The first-order valence-electron chi connectivity index (χ1n) is 3.21. The number of ketones is 1. The topological polar surface area (TPSA) is 47.0 Å². The van der Waals surface area contributed by atoms with Crippen molar-refractivity contribution in [2.24, 2.45) is 0 Å². The maximum Gasteiger partial charge on any atom is 0.171 e. The van der Waals surface area contributed by atoms with Crippen molar-refractivity contribution in [1.29, 1.82) is 0 Å². The van der Waals surface area contributed by atoms with E-state index in [9.17, 15) is 9.59 Å². The number of hydrogen-bond acceptors (Lipinski definition) is 3. The van der Waals surface area contributed by atoms with E-state index in [1.165, 1.54) is 6.20 Å². The number of aldehydes is 1. The minimum absolute atomic E-state index is 0.0638. The van der Waals surface area contributed by atoms with Crippen molar-refractivity contribution in [3.63, 3.8) is 0 Å². The van der Waals surface area contributed by atoms with Crippen molar-refractivity contribution in [3.05, 3.63) is 30.1 Å². The normalized spacial score (nSPS) is 9.09. The fourth-order valence-electron chi connectivity index (χ4n) is 0.721. The van der Waals surface area contributed by atoms with Crippen LogP contribution in [0.3, 0.4) is 0 Å². The molecule has 1 aromatic rings. The fourth-order valence-corrected chi connectivity index (χ4v) is 0.721. The van der Waals surface area contributed by atoms with Crippen molar-refractivity contribution in [3.8, 4) is 0 Å². The number of carbonyl (C=O) groups is 2. The van der Waals surface area contributed by atoms with E-state index in [0.29, 0.717) is 11.8 Å². The van der Waals surface area contributed by atoms with Crippen LogP contribution < -0.4 is 0 Å². The van der Waals surface area contributed by atoms with Crippen LogP contribution in [0.1, 0.15) is 16.8 Å². The molecule has 0 radical (unpaired) electrons. The van der Waals surface area contributed by atoms with Gasteiger partial charge in [-0.25, -0.2) is 0 Å². The Kier molecular flexibility index (Phi) is 2.49. The molecule has 3 heteroatoms. The standard InChI is InChI=1S/C8H7NO2/c10-5-3-8(11)7-2-1-4-9-6-7/h1-2,4-6H,3H2. The maximum absolute atomic E-state index is 11.0. The van der Waals surface area contributed by atoms with Crippen LogP contribution in [0.5, 0.6) is 0 Å². The Balaban J connectivity index is 2.77. The third-order valence-electron chi connectivity index (χ3n) is 1.25. The van der Waals surface area contributed by atoms with E-state index in [4.69, 9.17) is 0 Å². The highest BCUT2D eigenvalue weighted by Crippen LogP contribution is 1.98. The zero-order chi connectivity index (χ0) is 8.10. The third-order valence-corrected chi connectivity index (χ3v) is 1.25. The van der Waals surface area contributed by atoms with Crippen molar-refractivity contribution in [2.75, 3.05) is 0 Å². The molecule has 0 amide bonds. The van der Waals surface area contributed by atoms with E-state index in [2.05, 4.69) is 4.98 Å². The van der Waals surface area contributed by atoms with Gasteiger partial charge in [0, 0.05) is 18.0 Å². The zero-order valence-corrected chi connectivity index (χ0v) is 5.86. The molecule has 0 spiro atoms. The van der Waals surface area contributed by atoms with E-state index in [0.717, 1.165) is 0 Å². The molecule has 56 valence electrons. The summed E-state index contributed by atoms with van der Waals surface area (Å²) in [7, 11) is 0. The Morgan fingerprint density at radius 3 is 3.00 bits per heavy atom. The van der Waals surface area contributed by atoms with E-state index in [1.54, 1.807) is 18.3 Å². The molecule has 0 atom stereocenters. The zero-order valence-electron chi connectivity index (χ0n) is 5.86. The Hall–Kier alpha value is -1.51. The van der Waals surface area contributed by atoms with Gasteiger partial charge in [-0.3, -0.25) is 9.78 Å². The predicted molar refractivity (Wildman–Crippen MR) is 39.2 cm³/mol. The summed E-state index contributed by atoms with van der Waals surface area (Å²) in [6.45, 7) is 0. The van der Waals surface area contributed by atoms with Crippen LogP contribution in [0, 0.1) is 0 Å². The minimum atomic E-state index is -0.187. The Labute approximate surface area is 64.1 Å². The highest BCUT2D eigenvalue weighted by molar-refractivity contribution is 6.02. The fraction of sp³-hybridized carbons (Fsp3) is 0.125. The molecular formula is C8H7NO2. The summed E-state index contributed by atoms with van der Waals surface area (Å²) in [5, 5.41) is 0. The Morgan fingerprint density at radius 1 is 1.64 bits per heavy atom. The van der Waals surface area contributed by atoms with Gasteiger partial charge in [0.2, 0.25) is 0 Å². The van der Waals surface area contributed by atoms with Gasteiger partial charge < -0.3 is 4.79 Å². The SMILES string of the molecule is O=CCC(=O)c1cccnc1. The third kappa shape index (κ3) is 1.97. The summed E-state index contributed by atoms with van der Waals surface area (Å²) in [6.07, 6.45) is 3.56. The number of Topliss-reactive ketones (excluding diaryl/α,β-unsaturated/α-hetero) is 1. The van der Waals surface area contributed by atoms with Gasteiger partial charge in [0.1, 0.15) is 6.29 Å². The van der Waals surface area contributed by atoms with Crippen LogP contribution in [0.15, 0.2) is 24.5 Å². The summed E-state index contributed by atoms with van der Waals surface area (Å²) in [6, 6.07) is 3.30. The molecule has 0 aliphatic carbocycles. The molecule has 0 bridgehead atoms. The van der Waals surface area contributed by atoms with Gasteiger partial charge >= 0.3 is 0 Å². The molecule has 1 rings (SSSR count). The summed E-state index contributed by atoms with van der Waals surface area (Å²) in [5.74, 6) is -0.187. The van der Waals surface area contributed by atoms with Crippen LogP contribution in [0.4, 0.5) is 0 Å². The lowest BCUT2D eigenvalue weighted by atomic mass is 10.1. The van der Waals surface area contributed by atoms with Crippen LogP contribution in [0.2, 0.25) is 0 Å². The second-order valence-electron chi connectivity index (χ2n) is 2.04. The van der Waals surface area contributed by atoms with E-state index in [-0.39, 0.29) is 12.2 Å². The van der Waals surface area contributed by atoms with Crippen LogP contribution in [0.25, 0.3) is 0 Å². The van der Waals surface area contributed by atoms with Gasteiger partial charge in [-0.2, -0.15) is 0 Å². The molecule has 0 aliphatic heterocycles. The van der Waals surface area contributed by atoms with Crippen molar-refractivity contribution in [1.82, 2.24) is 4.98 Å². The monoisotopic (exact) mass is 149 g/mol. The molecule has 0 fully saturated rings. The number of pyridine rings is 1. The van der Waals surface area contributed by atoms with E-state index in [1.807, 2.05) is 0 Å². The second-order valence-corrected chi connectivity index (χ2v) is 2.04. The Morgan fingerprint density at radius 2 is 2.45 bits per heavy atom. The molecule has 1 heterocycles. The molecule has 11 heavy (non-hydrogen) atoms. The lowest BCUT2D eigenvalue weighted by Crippen LogP contribution is -1.99. The van der Waals surface area contributed by atoms with Crippen LogP contribution >= 0.6 is 0 Å². The number of carbonyl (C=O) groups excluding carboxylic acids is 2. The van der Waals surface area contributed by atoms with Gasteiger partial charge in [-0.05, 0) is 12.1 Å². The largest absolute Gasteiger partial charge is 0.303 e. The number of hydrogen-bond donors (Lipinski definition) is 0. The van der Waals surface area contributed by atoms with Crippen molar-refractivity contribution >= 4 is 12.1 Å². The van der Waals surface area contributed by atoms with Crippen LogP contribution in [-0.4, -0.2) is 17.1 Å². The maximum atomic E-state index is 11.0. The average molecular weight is 149 g/mol. The summed E-state index contributed by atoms with van der Waals surface area (Å²) >= 11 is 0. The highest BCUT2D eigenvalue weighted by Gasteiger charge is 2.02. The highest BCUT2D eigenvalue weighted by atomic mass is 16.1. The van der Waals surface area contributed by atoms with Crippen molar-refractivity contribution < 1.29 is 9.59 Å². The second kappa shape index (κ2) is 3.61. The molecule has 0 aromatic carbocycles. The van der Waals surface area contributed by atoms with Gasteiger partial charge in [0.15, 0.2) is 5.78 Å². The Bertz CT molecular complexity index is 256. The quantitative estimate of drug-likeness (QED) is 0.363. The minimum Gasteiger partial charge on any atom is -0.303 e. The molecule has 0 N–H and O–H groups in total. The first kappa shape index (κ1) is 7.60. The molecule has 0 aliphatic rings. The van der Waals surface area contributed by atoms with Crippen LogP contribution in [-0.2, 0) is 4.79 Å². The molecule has 0 saturated carbocycles. The molecular weight excluding hydrogens is 142 g/mol. The predicted octanol–water partition coefficient (Wildman–Crippen LogP) is 0.853. The first-order valence-corrected chi connectivity index (χ1v) is 3.21. The lowest BCUT2D eigenvalue weighted by Gasteiger charge is -1.92. The van der Waals surface area contributed by atoms with Gasteiger partial charge in [0.05, 0.1) is 6.42 Å². The average Bonchev–Trinajstić information content (AvgIpc) is 2.07. The molecule has 3 nitrogen and oxygen atoms in total. The number of nitrogens with zero attached hydrogens (tertiary/aromatic N) is 1.